The summed E-state index contributed by atoms with van der Waals surface area (Å²) in [4.78, 5) is 16.3. The molecule has 1 N–H and O–H groups in total. The van der Waals surface area contributed by atoms with Crippen LogP contribution in [0.1, 0.15) is 49.2 Å². The van der Waals surface area contributed by atoms with Crippen molar-refractivity contribution in [1.29, 1.82) is 0 Å². The molecule has 0 aromatic carbocycles. The topological polar surface area (TPSA) is 42.0 Å². The molecule has 0 saturated heterocycles. The van der Waals surface area contributed by atoms with E-state index in [1.165, 1.54) is 12.8 Å². The molecule has 1 aliphatic rings. The number of halogens is 1. The van der Waals surface area contributed by atoms with E-state index in [1.807, 2.05) is 6.92 Å². The van der Waals surface area contributed by atoms with Gasteiger partial charge >= 0.3 is 0 Å². The number of aromatic nitrogens is 1. The summed E-state index contributed by atoms with van der Waals surface area (Å²) < 4.78 is 0. The lowest BCUT2D eigenvalue weighted by Gasteiger charge is -2.34. The van der Waals surface area contributed by atoms with Crippen LogP contribution in [0, 0.1) is 18.8 Å². The zero-order chi connectivity index (χ0) is 14.0. The molecule has 0 bridgehead atoms. The van der Waals surface area contributed by atoms with Gasteiger partial charge in [0.25, 0.3) is 5.91 Å². The van der Waals surface area contributed by atoms with Crippen molar-refractivity contribution in [3.05, 3.63) is 28.5 Å². The van der Waals surface area contributed by atoms with Crippen molar-refractivity contribution in [1.82, 2.24) is 10.3 Å². The van der Waals surface area contributed by atoms with E-state index in [0.717, 1.165) is 12.1 Å². The summed E-state index contributed by atoms with van der Waals surface area (Å²) in [5.41, 5.74) is 1.37. The van der Waals surface area contributed by atoms with Crippen molar-refractivity contribution in [2.24, 2.45) is 11.8 Å². The molecule has 2 rings (SSSR count). The fourth-order valence-corrected chi connectivity index (χ4v) is 3.05. The summed E-state index contributed by atoms with van der Waals surface area (Å²) in [5.74, 6) is 1.15. The number of aryl methyl sites for hydroxylation is 1. The number of carbonyl (C=O) groups is 1. The Balaban J connectivity index is 2.08. The summed E-state index contributed by atoms with van der Waals surface area (Å²) in [6, 6.07) is 3.67. The minimum Gasteiger partial charge on any atom is -0.349 e. The molecule has 3 unspecified atom stereocenters. The van der Waals surface area contributed by atoms with Gasteiger partial charge in [-0.05, 0) is 37.3 Å². The minimum atomic E-state index is -0.0432. The first-order valence-corrected chi connectivity index (χ1v) is 7.30. The molecule has 19 heavy (non-hydrogen) atoms. The molecular weight excluding hydrogens is 260 g/mol. The quantitative estimate of drug-likeness (QED) is 0.841. The van der Waals surface area contributed by atoms with Crippen molar-refractivity contribution in [2.75, 3.05) is 0 Å². The third-order valence-electron chi connectivity index (χ3n) is 4.21. The highest BCUT2D eigenvalue weighted by atomic mass is 35.5. The Hall–Kier alpha value is -1.09. The predicted octanol–water partition coefficient (Wildman–Crippen LogP) is 3.60. The molecule has 1 fully saturated rings. The van der Waals surface area contributed by atoms with Crippen LogP contribution in [0.5, 0.6) is 0 Å². The van der Waals surface area contributed by atoms with Gasteiger partial charge in [0, 0.05) is 17.3 Å². The molecule has 3 atom stereocenters. The number of amides is 1. The van der Waals surface area contributed by atoms with E-state index in [4.69, 9.17) is 11.6 Å². The van der Waals surface area contributed by atoms with Gasteiger partial charge in [0.2, 0.25) is 0 Å². The summed E-state index contributed by atoms with van der Waals surface area (Å²) in [6.45, 7) is 6.32. The number of pyridine rings is 1. The van der Waals surface area contributed by atoms with Gasteiger partial charge in [0.05, 0.1) is 0 Å². The lowest BCUT2D eigenvalue weighted by molar-refractivity contribution is 0.0891. The third kappa shape index (κ3) is 3.47. The molecule has 1 aliphatic carbocycles. The lowest BCUT2D eigenvalue weighted by atomic mass is 9.78. The van der Waals surface area contributed by atoms with Crippen LogP contribution in [0.4, 0.5) is 0 Å². The summed E-state index contributed by atoms with van der Waals surface area (Å²) >= 11 is 5.90. The average Bonchev–Trinajstić information content (AvgIpc) is 2.33. The maximum atomic E-state index is 12.3. The number of hydrogen-bond donors (Lipinski definition) is 1. The van der Waals surface area contributed by atoms with Gasteiger partial charge in [0.1, 0.15) is 5.15 Å². The zero-order valence-electron chi connectivity index (χ0n) is 11.7. The second kappa shape index (κ2) is 5.91. The van der Waals surface area contributed by atoms with Gasteiger partial charge in [0.15, 0.2) is 0 Å². The van der Waals surface area contributed by atoms with Gasteiger partial charge < -0.3 is 5.32 Å². The first-order valence-electron chi connectivity index (χ1n) is 6.92. The second-order valence-electron chi connectivity index (χ2n) is 5.67. The maximum Gasteiger partial charge on any atom is 0.251 e. The Morgan fingerprint density at radius 3 is 2.79 bits per heavy atom. The fourth-order valence-electron chi connectivity index (χ4n) is 2.80. The Bertz CT molecular complexity index is 455. The molecule has 1 aromatic heterocycles. The van der Waals surface area contributed by atoms with E-state index >= 15 is 0 Å². The van der Waals surface area contributed by atoms with E-state index < -0.39 is 0 Å². The highest BCUT2D eigenvalue weighted by Gasteiger charge is 2.28. The van der Waals surface area contributed by atoms with Crippen LogP contribution in [0.15, 0.2) is 12.1 Å². The Labute approximate surface area is 119 Å². The molecule has 1 heterocycles. The van der Waals surface area contributed by atoms with Gasteiger partial charge in [-0.25, -0.2) is 4.98 Å². The Kier molecular flexibility index (Phi) is 4.46. The zero-order valence-corrected chi connectivity index (χ0v) is 12.5. The largest absolute Gasteiger partial charge is 0.349 e. The molecule has 0 aliphatic heterocycles. The van der Waals surface area contributed by atoms with Crippen molar-refractivity contribution in [2.45, 2.75) is 46.1 Å². The summed E-state index contributed by atoms with van der Waals surface area (Å²) in [6.07, 6.45) is 3.51. The molecule has 0 radical (unpaired) electrons. The summed E-state index contributed by atoms with van der Waals surface area (Å²) in [5, 5.41) is 3.51. The Morgan fingerprint density at radius 1 is 1.37 bits per heavy atom. The number of rotatable bonds is 2. The van der Waals surface area contributed by atoms with Gasteiger partial charge in [-0.15, -0.1) is 0 Å². The van der Waals surface area contributed by atoms with E-state index in [9.17, 15) is 4.79 Å². The monoisotopic (exact) mass is 280 g/mol. The number of hydrogen-bond acceptors (Lipinski definition) is 2. The van der Waals surface area contributed by atoms with E-state index in [1.54, 1.807) is 12.1 Å². The van der Waals surface area contributed by atoms with Crippen LogP contribution in [-0.2, 0) is 0 Å². The van der Waals surface area contributed by atoms with Gasteiger partial charge in [-0.1, -0.05) is 38.3 Å². The number of carbonyl (C=O) groups excluding carboxylic acids is 1. The SMILES string of the molecule is Cc1cc(C(=O)NC2CCCC(C)C2C)cc(Cl)n1. The van der Waals surface area contributed by atoms with Crippen molar-refractivity contribution in [3.63, 3.8) is 0 Å². The van der Waals surface area contributed by atoms with Crippen molar-refractivity contribution in [3.8, 4) is 0 Å². The Morgan fingerprint density at radius 2 is 2.11 bits per heavy atom. The van der Waals surface area contributed by atoms with Crippen molar-refractivity contribution < 1.29 is 4.79 Å². The van der Waals surface area contributed by atoms with Crippen LogP contribution in [-0.4, -0.2) is 16.9 Å². The smallest absolute Gasteiger partial charge is 0.251 e. The van der Waals surface area contributed by atoms with E-state index in [-0.39, 0.29) is 11.9 Å². The molecule has 104 valence electrons. The van der Waals surface area contributed by atoms with Gasteiger partial charge in [-0.3, -0.25) is 4.79 Å². The third-order valence-corrected chi connectivity index (χ3v) is 4.40. The minimum absolute atomic E-state index is 0.0432. The number of nitrogens with one attached hydrogen (secondary N) is 1. The maximum absolute atomic E-state index is 12.3. The first kappa shape index (κ1) is 14.3. The molecular formula is C15H21ClN2O. The van der Waals surface area contributed by atoms with Crippen LogP contribution in [0.3, 0.4) is 0 Å². The molecule has 1 amide bonds. The van der Waals surface area contributed by atoms with Crippen LogP contribution in [0.2, 0.25) is 5.15 Å². The fraction of sp³-hybridized carbons (Fsp3) is 0.600. The molecule has 4 heteroatoms. The van der Waals surface area contributed by atoms with Crippen LogP contribution >= 0.6 is 11.6 Å². The number of nitrogens with zero attached hydrogens (tertiary/aromatic N) is 1. The highest BCUT2D eigenvalue weighted by Crippen LogP contribution is 2.29. The predicted molar refractivity (Wildman–Crippen MR) is 77.4 cm³/mol. The van der Waals surface area contributed by atoms with Crippen LogP contribution < -0.4 is 5.32 Å². The summed E-state index contributed by atoms with van der Waals surface area (Å²) in [7, 11) is 0. The first-order chi connectivity index (χ1) is 8.97. The molecule has 1 saturated carbocycles. The average molecular weight is 281 g/mol. The standard InChI is InChI=1S/C15H21ClN2O/c1-9-5-4-6-13(11(9)3)18-15(19)12-7-10(2)17-14(16)8-12/h7-9,11,13H,4-6H2,1-3H3,(H,18,19). The molecule has 3 nitrogen and oxygen atoms in total. The lowest BCUT2D eigenvalue weighted by Crippen LogP contribution is -2.43. The molecule has 1 aromatic rings. The highest BCUT2D eigenvalue weighted by molar-refractivity contribution is 6.29. The van der Waals surface area contributed by atoms with Gasteiger partial charge in [-0.2, -0.15) is 0 Å². The van der Waals surface area contributed by atoms with E-state index in [2.05, 4.69) is 24.1 Å². The second-order valence-corrected chi connectivity index (χ2v) is 6.05. The molecule has 0 spiro atoms. The normalized spacial score (nSPS) is 27.1. The van der Waals surface area contributed by atoms with Crippen molar-refractivity contribution >= 4 is 17.5 Å². The van der Waals surface area contributed by atoms with E-state index in [0.29, 0.717) is 22.6 Å². The van der Waals surface area contributed by atoms with Crippen LogP contribution in [0.25, 0.3) is 0 Å².